The largest absolute Gasteiger partial charge is 0.508 e. The Labute approximate surface area is 169 Å². The number of alkyl halides is 1. The Bertz CT molecular complexity index is 920. The van der Waals surface area contributed by atoms with Crippen LogP contribution in [0.4, 0.5) is 0 Å². The van der Waals surface area contributed by atoms with Crippen LogP contribution in [0.15, 0.2) is 72.9 Å². The zero-order chi connectivity index (χ0) is 19.9. The van der Waals surface area contributed by atoms with Gasteiger partial charge in [-0.3, -0.25) is 4.98 Å². The fourth-order valence-electron chi connectivity index (χ4n) is 2.95. The van der Waals surface area contributed by atoms with Gasteiger partial charge in [-0.15, -0.1) is 11.6 Å². The van der Waals surface area contributed by atoms with E-state index < -0.39 is 0 Å². The summed E-state index contributed by atoms with van der Waals surface area (Å²) in [5.74, 6) is 1.56. The van der Waals surface area contributed by atoms with Crippen LogP contribution in [0.2, 0.25) is 0 Å². The first-order chi connectivity index (χ1) is 13.6. The first-order valence-corrected chi connectivity index (χ1v) is 9.52. The molecule has 144 valence electrons. The molecule has 1 atom stereocenters. The Hall–Kier alpha value is -2.98. The van der Waals surface area contributed by atoms with Crippen molar-refractivity contribution in [2.75, 3.05) is 12.5 Å². The Morgan fingerprint density at radius 1 is 0.964 bits per heavy atom. The van der Waals surface area contributed by atoms with Crippen LogP contribution in [0.5, 0.6) is 17.2 Å². The van der Waals surface area contributed by atoms with E-state index in [0.717, 1.165) is 28.1 Å². The maximum Gasteiger partial charge on any atom is 0.133 e. The van der Waals surface area contributed by atoms with Crippen LogP contribution in [-0.4, -0.2) is 27.7 Å². The third-order valence-electron chi connectivity index (χ3n) is 4.41. The number of phenols is 1. The molecule has 2 aromatic carbocycles. The Morgan fingerprint density at radius 3 is 2.14 bits per heavy atom. The summed E-state index contributed by atoms with van der Waals surface area (Å²) in [6.07, 6.45) is 3.56. The number of aromatic hydroxyl groups is 2. The fourth-order valence-corrected chi connectivity index (χ4v) is 3.03. The molecule has 1 heterocycles. The van der Waals surface area contributed by atoms with E-state index in [4.69, 9.17) is 16.3 Å². The molecule has 0 fully saturated rings. The van der Waals surface area contributed by atoms with Gasteiger partial charge in [0.25, 0.3) is 0 Å². The number of aromatic nitrogens is 1. The summed E-state index contributed by atoms with van der Waals surface area (Å²) in [7, 11) is 0. The lowest BCUT2D eigenvalue weighted by molar-refractivity contribution is 0.342. The van der Waals surface area contributed by atoms with Gasteiger partial charge >= 0.3 is 0 Å². The van der Waals surface area contributed by atoms with Crippen molar-refractivity contribution < 1.29 is 14.9 Å². The van der Waals surface area contributed by atoms with Crippen LogP contribution in [0.1, 0.15) is 29.7 Å². The van der Waals surface area contributed by atoms with Crippen molar-refractivity contribution in [2.24, 2.45) is 0 Å². The Morgan fingerprint density at radius 2 is 1.57 bits per heavy atom. The number of hydrogen-bond acceptors (Lipinski definition) is 4. The zero-order valence-corrected chi connectivity index (χ0v) is 16.3. The predicted molar refractivity (Wildman–Crippen MR) is 112 cm³/mol. The molecule has 1 unspecified atom stereocenters. The molecular formula is C23H22ClNO3. The number of benzene rings is 2. The van der Waals surface area contributed by atoms with Gasteiger partial charge in [0.05, 0.1) is 17.8 Å². The van der Waals surface area contributed by atoms with Gasteiger partial charge < -0.3 is 14.9 Å². The van der Waals surface area contributed by atoms with E-state index in [1.165, 1.54) is 6.20 Å². The summed E-state index contributed by atoms with van der Waals surface area (Å²) in [4.78, 5) is 4.29. The summed E-state index contributed by atoms with van der Waals surface area (Å²) < 4.78 is 5.56. The third-order valence-corrected chi connectivity index (χ3v) is 4.56. The predicted octanol–water partition coefficient (Wildman–Crippen LogP) is 5.35. The molecule has 0 aliphatic heterocycles. The van der Waals surface area contributed by atoms with E-state index in [0.29, 0.717) is 12.5 Å². The first-order valence-electron chi connectivity index (χ1n) is 8.98. The summed E-state index contributed by atoms with van der Waals surface area (Å²) >= 11 is 5.68. The molecule has 1 aromatic heterocycles. The van der Waals surface area contributed by atoms with Crippen LogP contribution in [0.3, 0.4) is 0 Å². The molecule has 3 aromatic rings. The van der Waals surface area contributed by atoms with Crippen LogP contribution >= 0.6 is 11.6 Å². The highest BCUT2D eigenvalue weighted by Gasteiger charge is 2.13. The second-order valence-corrected chi connectivity index (χ2v) is 6.80. The topological polar surface area (TPSA) is 62.6 Å². The van der Waals surface area contributed by atoms with E-state index in [-0.39, 0.29) is 17.4 Å². The molecule has 0 aliphatic rings. The molecule has 28 heavy (non-hydrogen) atoms. The van der Waals surface area contributed by atoms with E-state index in [9.17, 15) is 10.2 Å². The lowest BCUT2D eigenvalue weighted by atomic mass is 9.89. The van der Waals surface area contributed by atoms with Gasteiger partial charge in [0.1, 0.15) is 23.9 Å². The highest BCUT2D eigenvalue weighted by molar-refractivity contribution is 6.18. The lowest BCUT2D eigenvalue weighted by Gasteiger charge is -2.17. The van der Waals surface area contributed by atoms with Gasteiger partial charge in [-0.2, -0.15) is 0 Å². The van der Waals surface area contributed by atoms with E-state index in [1.54, 1.807) is 24.3 Å². The maximum absolute atomic E-state index is 9.64. The number of hydrogen-bond donors (Lipinski definition) is 2. The van der Waals surface area contributed by atoms with Gasteiger partial charge in [-0.25, -0.2) is 0 Å². The maximum atomic E-state index is 9.64. The monoisotopic (exact) mass is 395 g/mol. The van der Waals surface area contributed by atoms with Crippen LogP contribution in [0.25, 0.3) is 5.57 Å². The molecule has 0 saturated heterocycles. The van der Waals surface area contributed by atoms with Crippen molar-refractivity contribution >= 4 is 17.2 Å². The smallest absolute Gasteiger partial charge is 0.133 e. The summed E-state index contributed by atoms with van der Waals surface area (Å²) in [6, 6.07) is 18.5. The van der Waals surface area contributed by atoms with Crippen LogP contribution < -0.4 is 4.74 Å². The number of pyridine rings is 1. The first kappa shape index (κ1) is 19.8. The average molecular weight is 396 g/mol. The van der Waals surface area contributed by atoms with Crippen molar-refractivity contribution in [1.82, 2.24) is 4.98 Å². The highest BCUT2D eigenvalue weighted by Crippen LogP contribution is 2.31. The van der Waals surface area contributed by atoms with E-state index >= 15 is 0 Å². The minimum absolute atomic E-state index is 0.0294. The molecule has 5 heteroatoms. The SMILES string of the molecule is CC(=CC(c1ccc(O)cc1)c1ccc(OCCCl)cc1)c1ccc(O)cn1. The van der Waals surface area contributed by atoms with Gasteiger partial charge in [0, 0.05) is 5.92 Å². The molecule has 0 bridgehead atoms. The summed E-state index contributed by atoms with van der Waals surface area (Å²) in [5, 5.41) is 19.1. The lowest BCUT2D eigenvalue weighted by Crippen LogP contribution is -2.01. The minimum Gasteiger partial charge on any atom is -0.508 e. The number of phenolic OH excluding ortho intramolecular Hbond substituents is 1. The molecule has 0 amide bonds. The number of rotatable bonds is 7. The van der Waals surface area contributed by atoms with Crippen molar-refractivity contribution in [3.63, 3.8) is 0 Å². The van der Waals surface area contributed by atoms with E-state index in [1.807, 2.05) is 43.3 Å². The molecule has 0 aliphatic carbocycles. The standard InChI is InChI=1S/C23H22ClNO3/c1-16(23-11-8-20(27)15-25-23)14-22(17-2-6-19(26)7-3-17)18-4-9-21(10-5-18)28-13-12-24/h2-11,14-15,22,26-27H,12-13H2,1H3. The third kappa shape index (κ3) is 5.05. The van der Waals surface area contributed by atoms with Gasteiger partial charge in [-0.05, 0) is 60.0 Å². The second-order valence-electron chi connectivity index (χ2n) is 6.43. The average Bonchev–Trinajstić information content (AvgIpc) is 2.72. The molecule has 0 spiro atoms. The molecule has 0 radical (unpaired) electrons. The zero-order valence-electron chi connectivity index (χ0n) is 15.5. The number of allylic oxidation sites excluding steroid dienone is 2. The molecule has 2 N–H and O–H groups in total. The van der Waals surface area contributed by atoms with Crippen molar-refractivity contribution in [3.8, 4) is 17.2 Å². The number of ether oxygens (including phenoxy) is 1. The van der Waals surface area contributed by atoms with Crippen molar-refractivity contribution in [2.45, 2.75) is 12.8 Å². The Balaban J connectivity index is 1.96. The second kappa shape index (κ2) is 9.29. The summed E-state index contributed by atoms with van der Waals surface area (Å²) in [6.45, 7) is 2.46. The highest BCUT2D eigenvalue weighted by atomic mass is 35.5. The normalized spacial score (nSPS) is 12.6. The van der Waals surface area contributed by atoms with E-state index in [2.05, 4.69) is 11.1 Å². The number of halogens is 1. The van der Waals surface area contributed by atoms with Crippen molar-refractivity contribution in [1.29, 1.82) is 0 Å². The summed E-state index contributed by atoms with van der Waals surface area (Å²) in [5.41, 5.74) is 3.91. The molecule has 0 saturated carbocycles. The minimum atomic E-state index is -0.0294. The van der Waals surface area contributed by atoms with Gasteiger partial charge in [0.15, 0.2) is 0 Å². The fraction of sp³-hybridized carbons (Fsp3) is 0.174. The van der Waals surface area contributed by atoms with Crippen LogP contribution in [-0.2, 0) is 0 Å². The molecular weight excluding hydrogens is 374 g/mol. The quantitative estimate of drug-likeness (QED) is 0.529. The Kier molecular flexibility index (Phi) is 6.56. The van der Waals surface area contributed by atoms with Crippen molar-refractivity contribution in [3.05, 3.63) is 89.8 Å². The van der Waals surface area contributed by atoms with Gasteiger partial charge in [-0.1, -0.05) is 30.3 Å². The molecule has 3 rings (SSSR count). The number of nitrogens with zero attached hydrogens (tertiary/aromatic N) is 1. The molecule has 4 nitrogen and oxygen atoms in total. The van der Waals surface area contributed by atoms with Gasteiger partial charge in [0.2, 0.25) is 0 Å². The van der Waals surface area contributed by atoms with Crippen LogP contribution in [0, 0.1) is 0 Å².